The minimum atomic E-state index is 0.211. The SMILES string of the molecule is CCC1Cc2c(ccc(C)c2Br)C1=O. The van der Waals surface area contributed by atoms with Crippen molar-refractivity contribution in [3.05, 3.63) is 33.3 Å². The van der Waals surface area contributed by atoms with Crippen LogP contribution in [0.15, 0.2) is 16.6 Å². The quantitative estimate of drug-likeness (QED) is 0.748. The van der Waals surface area contributed by atoms with Crippen LogP contribution in [0, 0.1) is 12.8 Å². The number of aryl methyl sites for hydroxylation is 1. The van der Waals surface area contributed by atoms with Gasteiger partial charge in [-0.25, -0.2) is 0 Å². The highest BCUT2D eigenvalue weighted by Crippen LogP contribution is 2.35. The van der Waals surface area contributed by atoms with Crippen molar-refractivity contribution in [3.63, 3.8) is 0 Å². The Labute approximate surface area is 92.6 Å². The first-order valence-electron chi connectivity index (χ1n) is 4.97. The zero-order chi connectivity index (χ0) is 10.3. The van der Waals surface area contributed by atoms with E-state index in [0.29, 0.717) is 5.78 Å². The number of hydrogen-bond acceptors (Lipinski definition) is 1. The van der Waals surface area contributed by atoms with Crippen LogP contribution in [0.25, 0.3) is 0 Å². The smallest absolute Gasteiger partial charge is 0.166 e. The van der Waals surface area contributed by atoms with Crippen molar-refractivity contribution < 1.29 is 4.79 Å². The van der Waals surface area contributed by atoms with Crippen LogP contribution in [0.4, 0.5) is 0 Å². The summed E-state index contributed by atoms with van der Waals surface area (Å²) >= 11 is 3.56. The van der Waals surface area contributed by atoms with Crippen LogP contribution < -0.4 is 0 Å². The standard InChI is InChI=1S/C12H13BrO/c1-3-8-6-10-9(12(8)14)5-4-7(2)11(10)13/h4-5,8H,3,6H2,1-2H3. The van der Waals surface area contributed by atoms with E-state index in [0.717, 1.165) is 22.9 Å². The first kappa shape index (κ1) is 9.91. The van der Waals surface area contributed by atoms with Crippen LogP contribution in [0.2, 0.25) is 0 Å². The lowest BCUT2D eigenvalue weighted by Crippen LogP contribution is -2.06. The predicted molar refractivity (Wildman–Crippen MR) is 60.7 cm³/mol. The molecule has 0 fully saturated rings. The average Bonchev–Trinajstić information content (AvgIpc) is 2.50. The monoisotopic (exact) mass is 252 g/mol. The molecule has 0 saturated carbocycles. The molecule has 1 aliphatic rings. The number of halogens is 1. The summed E-state index contributed by atoms with van der Waals surface area (Å²) < 4.78 is 1.12. The summed E-state index contributed by atoms with van der Waals surface area (Å²) in [7, 11) is 0. The number of carbonyl (C=O) groups is 1. The number of carbonyl (C=O) groups excluding carboxylic acids is 1. The lowest BCUT2D eigenvalue weighted by molar-refractivity contribution is 0.0934. The van der Waals surface area contributed by atoms with Crippen molar-refractivity contribution in [2.45, 2.75) is 26.7 Å². The highest BCUT2D eigenvalue weighted by atomic mass is 79.9. The van der Waals surface area contributed by atoms with Crippen LogP contribution in [0.1, 0.15) is 34.8 Å². The molecule has 1 aromatic rings. The normalized spacial score (nSPS) is 19.9. The maximum Gasteiger partial charge on any atom is 0.166 e. The van der Waals surface area contributed by atoms with E-state index in [1.54, 1.807) is 0 Å². The van der Waals surface area contributed by atoms with Gasteiger partial charge in [-0.1, -0.05) is 35.0 Å². The highest BCUT2D eigenvalue weighted by molar-refractivity contribution is 9.10. The van der Waals surface area contributed by atoms with Crippen molar-refractivity contribution in [2.24, 2.45) is 5.92 Å². The lowest BCUT2D eigenvalue weighted by Gasteiger charge is -2.03. The molecule has 1 atom stereocenters. The molecule has 0 N–H and O–H groups in total. The molecule has 1 nitrogen and oxygen atoms in total. The Hall–Kier alpha value is -0.630. The summed E-state index contributed by atoms with van der Waals surface area (Å²) in [4.78, 5) is 11.9. The van der Waals surface area contributed by atoms with Crippen molar-refractivity contribution in [3.8, 4) is 0 Å². The molecule has 74 valence electrons. The Kier molecular flexibility index (Phi) is 2.48. The van der Waals surface area contributed by atoms with E-state index in [-0.39, 0.29) is 5.92 Å². The third kappa shape index (κ3) is 1.33. The molecule has 0 amide bonds. The van der Waals surface area contributed by atoms with E-state index in [1.165, 1.54) is 11.1 Å². The third-order valence-corrected chi connectivity index (χ3v) is 4.12. The highest BCUT2D eigenvalue weighted by Gasteiger charge is 2.30. The van der Waals surface area contributed by atoms with Crippen molar-refractivity contribution in [1.29, 1.82) is 0 Å². The average molecular weight is 253 g/mol. The minimum Gasteiger partial charge on any atom is -0.294 e. The lowest BCUT2D eigenvalue weighted by atomic mass is 10.0. The largest absolute Gasteiger partial charge is 0.294 e. The van der Waals surface area contributed by atoms with Crippen LogP contribution in [-0.2, 0) is 6.42 Å². The predicted octanol–water partition coefficient (Wildman–Crippen LogP) is 3.52. The first-order chi connectivity index (χ1) is 6.65. The Morgan fingerprint density at radius 3 is 2.86 bits per heavy atom. The minimum absolute atomic E-state index is 0.211. The topological polar surface area (TPSA) is 17.1 Å². The Morgan fingerprint density at radius 2 is 2.21 bits per heavy atom. The van der Waals surface area contributed by atoms with Crippen LogP contribution in [0.3, 0.4) is 0 Å². The van der Waals surface area contributed by atoms with E-state index >= 15 is 0 Å². The summed E-state index contributed by atoms with van der Waals surface area (Å²) in [6, 6.07) is 3.98. The molecular formula is C12H13BrO. The summed E-state index contributed by atoms with van der Waals surface area (Å²) in [5, 5.41) is 0. The molecule has 1 aromatic carbocycles. The maximum atomic E-state index is 11.9. The molecule has 0 aromatic heterocycles. The summed E-state index contributed by atoms with van der Waals surface area (Å²) in [5.74, 6) is 0.534. The Bertz CT molecular complexity index is 396. The molecule has 0 bridgehead atoms. The number of fused-ring (bicyclic) bond motifs is 1. The van der Waals surface area contributed by atoms with Crippen molar-refractivity contribution >= 4 is 21.7 Å². The fourth-order valence-electron chi connectivity index (χ4n) is 2.06. The Balaban J connectivity index is 2.53. The van der Waals surface area contributed by atoms with Crippen molar-refractivity contribution in [2.75, 3.05) is 0 Å². The van der Waals surface area contributed by atoms with Gasteiger partial charge in [-0.3, -0.25) is 4.79 Å². The zero-order valence-electron chi connectivity index (χ0n) is 8.43. The zero-order valence-corrected chi connectivity index (χ0v) is 10.0. The van der Waals surface area contributed by atoms with Gasteiger partial charge in [-0.15, -0.1) is 0 Å². The number of rotatable bonds is 1. The van der Waals surface area contributed by atoms with E-state index in [4.69, 9.17) is 0 Å². The Morgan fingerprint density at radius 1 is 1.50 bits per heavy atom. The van der Waals surface area contributed by atoms with Gasteiger partial charge >= 0.3 is 0 Å². The van der Waals surface area contributed by atoms with Gasteiger partial charge in [-0.2, -0.15) is 0 Å². The van der Waals surface area contributed by atoms with Gasteiger partial charge in [0.15, 0.2) is 5.78 Å². The van der Waals surface area contributed by atoms with Gasteiger partial charge in [0, 0.05) is 16.0 Å². The van der Waals surface area contributed by atoms with Crippen LogP contribution >= 0.6 is 15.9 Å². The fraction of sp³-hybridized carbons (Fsp3) is 0.417. The fourth-order valence-corrected chi connectivity index (χ4v) is 2.57. The van der Waals surface area contributed by atoms with E-state index in [9.17, 15) is 4.79 Å². The summed E-state index contributed by atoms with van der Waals surface area (Å²) in [5.41, 5.74) is 3.35. The van der Waals surface area contributed by atoms with E-state index in [2.05, 4.69) is 29.8 Å². The number of benzene rings is 1. The van der Waals surface area contributed by atoms with Crippen LogP contribution in [0.5, 0.6) is 0 Å². The van der Waals surface area contributed by atoms with Gasteiger partial charge in [0.2, 0.25) is 0 Å². The number of hydrogen-bond donors (Lipinski definition) is 0. The van der Waals surface area contributed by atoms with Gasteiger partial charge < -0.3 is 0 Å². The molecule has 1 aliphatic carbocycles. The second-order valence-electron chi connectivity index (χ2n) is 3.90. The number of ketones is 1. The molecule has 2 rings (SSSR count). The molecule has 0 spiro atoms. The molecule has 14 heavy (non-hydrogen) atoms. The number of Topliss-reactive ketones (excluding diaryl/α,β-unsaturated/α-hetero) is 1. The van der Waals surface area contributed by atoms with Gasteiger partial charge in [0.05, 0.1) is 0 Å². The second-order valence-corrected chi connectivity index (χ2v) is 4.69. The molecule has 0 heterocycles. The molecule has 0 radical (unpaired) electrons. The van der Waals surface area contributed by atoms with Gasteiger partial charge in [0.25, 0.3) is 0 Å². The summed E-state index contributed by atoms with van der Waals surface area (Å²) in [6.07, 6.45) is 1.85. The second kappa shape index (κ2) is 3.50. The summed E-state index contributed by atoms with van der Waals surface area (Å²) in [6.45, 7) is 4.14. The molecule has 0 aliphatic heterocycles. The van der Waals surface area contributed by atoms with E-state index < -0.39 is 0 Å². The first-order valence-corrected chi connectivity index (χ1v) is 5.76. The van der Waals surface area contributed by atoms with Crippen molar-refractivity contribution in [1.82, 2.24) is 0 Å². The molecule has 0 saturated heterocycles. The molecule has 1 unspecified atom stereocenters. The van der Waals surface area contributed by atoms with Crippen LogP contribution in [-0.4, -0.2) is 5.78 Å². The third-order valence-electron chi connectivity index (χ3n) is 3.02. The van der Waals surface area contributed by atoms with Gasteiger partial charge in [0.1, 0.15) is 0 Å². The maximum absolute atomic E-state index is 11.9. The van der Waals surface area contributed by atoms with Gasteiger partial charge in [-0.05, 0) is 30.9 Å². The van der Waals surface area contributed by atoms with E-state index in [1.807, 2.05) is 12.1 Å². The molecular weight excluding hydrogens is 240 g/mol. The molecule has 2 heteroatoms.